The minimum atomic E-state index is 0.578. The Morgan fingerprint density at radius 1 is 0.553 bits per heavy atom. The second kappa shape index (κ2) is 12.4. The number of rotatable bonds is 4. The fraction of sp³-hybridized carbons (Fsp3) is 0.0625. The molecule has 0 unspecified atom stereocenters. The van der Waals surface area contributed by atoms with E-state index in [0.717, 1.165) is 54.7 Å². The molecule has 4 aromatic carbocycles. The van der Waals surface area contributed by atoms with Gasteiger partial charge in [0.15, 0.2) is 0 Å². The summed E-state index contributed by atoms with van der Waals surface area (Å²) in [5.41, 5.74) is 6.41. The Labute approximate surface area is 248 Å². The first-order chi connectivity index (χ1) is 18.5. The molecule has 0 N–H and O–H groups in total. The van der Waals surface area contributed by atoms with E-state index in [1.807, 2.05) is 66.7 Å². The summed E-state index contributed by atoms with van der Waals surface area (Å²) in [6, 6.07) is 36.8. The van der Waals surface area contributed by atoms with Crippen LogP contribution in [0.25, 0.3) is 21.8 Å². The molecule has 2 heterocycles. The molecule has 0 spiro atoms. The second-order valence-electron chi connectivity index (χ2n) is 8.84. The maximum absolute atomic E-state index is 6.28. The third-order valence-electron chi connectivity index (χ3n) is 6.11. The maximum Gasteiger partial charge on any atom is 0.133 e. The van der Waals surface area contributed by atoms with Crippen molar-refractivity contribution in [1.29, 1.82) is 0 Å². The van der Waals surface area contributed by atoms with Crippen molar-refractivity contribution in [2.24, 2.45) is 0 Å². The first-order valence-corrected chi connectivity index (χ1v) is 14.4. The highest BCUT2D eigenvalue weighted by molar-refractivity contribution is 9.11. The lowest BCUT2D eigenvalue weighted by Crippen LogP contribution is -1.93. The summed E-state index contributed by atoms with van der Waals surface area (Å²) in [6.07, 6.45) is 1.60. The Hall–Kier alpha value is -2.76. The van der Waals surface area contributed by atoms with Crippen molar-refractivity contribution >= 4 is 76.9 Å². The predicted octanol–water partition coefficient (Wildman–Crippen LogP) is 10.5. The van der Waals surface area contributed by atoms with Gasteiger partial charge in [-0.1, -0.05) is 128 Å². The lowest BCUT2D eigenvalue weighted by molar-refractivity contribution is 1.17. The summed E-state index contributed by atoms with van der Waals surface area (Å²) >= 11 is 19.6. The molecule has 0 bridgehead atoms. The van der Waals surface area contributed by atoms with Gasteiger partial charge in [0.2, 0.25) is 0 Å². The number of pyridine rings is 2. The number of hydrogen-bond donors (Lipinski definition) is 0. The summed E-state index contributed by atoms with van der Waals surface area (Å²) in [5.74, 6) is 0. The lowest BCUT2D eigenvalue weighted by Gasteiger charge is -2.07. The molecular weight excluding hydrogens is 643 g/mol. The Balaban J connectivity index is 0.000000155. The zero-order valence-electron chi connectivity index (χ0n) is 20.2. The Kier molecular flexibility index (Phi) is 8.75. The van der Waals surface area contributed by atoms with Crippen LogP contribution in [0.4, 0.5) is 0 Å². The molecule has 0 fully saturated rings. The normalized spacial score (nSPS) is 10.8. The van der Waals surface area contributed by atoms with E-state index in [1.54, 1.807) is 0 Å². The van der Waals surface area contributed by atoms with E-state index >= 15 is 0 Å². The summed E-state index contributed by atoms with van der Waals surface area (Å²) in [5, 5.41) is 3.36. The van der Waals surface area contributed by atoms with Crippen LogP contribution in [0, 0.1) is 0 Å². The molecule has 0 saturated heterocycles. The van der Waals surface area contributed by atoms with Gasteiger partial charge in [0.25, 0.3) is 0 Å². The van der Waals surface area contributed by atoms with Crippen LogP contribution in [0.5, 0.6) is 0 Å². The van der Waals surface area contributed by atoms with E-state index < -0.39 is 0 Å². The molecule has 6 heteroatoms. The molecule has 0 amide bonds. The van der Waals surface area contributed by atoms with Gasteiger partial charge < -0.3 is 0 Å². The molecule has 0 aliphatic heterocycles. The number of hydrogen-bond acceptors (Lipinski definition) is 2. The van der Waals surface area contributed by atoms with Crippen LogP contribution in [0.2, 0.25) is 10.3 Å². The highest BCUT2D eigenvalue weighted by Crippen LogP contribution is 2.28. The van der Waals surface area contributed by atoms with Gasteiger partial charge in [0, 0.05) is 32.6 Å². The molecule has 6 aromatic rings. The molecule has 6 rings (SSSR count). The fourth-order valence-electron chi connectivity index (χ4n) is 4.22. The van der Waals surface area contributed by atoms with Gasteiger partial charge in [-0.05, 0) is 58.7 Å². The topological polar surface area (TPSA) is 25.8 Å². The number of fused-ring (bicyclic) bond motifs is 2. The van der Waals surface area contributed by atoms with E-state index in [2.05, 4.69) is 84.3 Å². The van der Waals surface area contributed by atoms with Gasteiger partial charge in [-0.2, -0.15) is 0 Å². The highest BCUT2D eigenvalue weighted by Gasteiger charge is 2.08. The summed E-state index contributed by atoms with van der Waals surface area (Å²) in [7, 11) is 0. The Morgan fingerprint density at radius 3 is 1.76 bits per heavy atom. The first kappa shape index (κ1) is 26.8. The zero-order chi connectivity index (χ0) is 26.5. The molecular formula is C32H22Br2Cl2N2. The molecule has 2 aromatic heterocycles. The van der Waals surface area contributed by atoms with Crippen molar-refractivity contribution in [2.45, 2.75) is 12.8 Å². The van der Waals surface area contributed by atoms with Gasteiger partial charge in [-0.15, -0.1) is 0 Å². The molecule has 0 aliphatic carbocycles. The number of halogens is 4. The van der Waals surface area contributed by atoms with Crippen molar-refractivity contribution < 1.29 is 0 Å². The molecule has 0 radical (unpaired) electrons. The van der Waals surface area contributed by atoms with Gasteiger partial charge in [0.1, 0.15) is 10.3 Å². The van der Waals surface area contributed by atoms with Crippen LogP contribution in [0.1, 0.15) is 22.3 Å². The summed E-state index contributed by atoms with van der Waals surface area (Å²) in [4.78, 5) is 8.94. The second-order valence-corrected chi connectivity index (χ2v) is 11.3. The van der Waals surface area contributed by atoms with E-state index in [9.17, 15) is 0 Å². The smallest absolute Gasteiger partial charge is 0.133 e. The van der Waals surface area contributed by atoms with Crippen molar-refractivity contribution in [2.75, 3.05) is 0 Å². The Bertz CT molecular complexity index is 1700. The highest BCUT2D eigenvalue weighted by atomic mass is 79.9. The van der Waals surface area contributed by atoms with Crippen molar-refractivity contribution in [1.82, 2.24) is 9.97 Å². The third-order valence-corrected chi connectivity index (χ3v) is 7.95. The average molecular weight is 665 g/mol. The fourth-order valence-corrected chi connectivity index (χ4v) is 5.46. The van der Waals surface area contributed by atoms with Gasteiger partial charge in [-0.3, -0.25) is 0 Å². The van der Waals surface area contributed by atoms with Crippen LogP contribution in [0.15, 0.2) is 118 Å². The average Bonchev–Trinajstić information content (AvgIpc) is 2.92. The first-order valence-electron chi connectivity index (χ1n) is 12.0. The van der Waals surface area contributed by atoms with Gasteiger partial charge >= 0.3 is 0 Å². The quantitative estimate of drug-likeness (QED) is 0.175. The molecule has 188 valence electrons. The molecule has 2 nitrogen and oxygen atoms in total. The molecule has 0 atom stereocenters. The standard InChI is InChI=1S/2C16H11BrClN/c17-14-7-4-8-15-13(14)10-12(16(18)19-15)9-11-5-2-1-3-6-11;17-14-7-6-12-9-13(16(18)19-15(12)10-14)8-11-4-2-1-3-5-11/h1-8,10H,9H2;1-7,9-10H,8H2. The third kappa shape index (κ3) is 6.62. The minimum absolute atomic E-state index is 0.578. The van der Waals surface area contributed by atoms with Crippen LogP contribution in [0.3, 0.4) is 0 Å². The largest absolute Gasteiger partial charge is 0.236 e. The van der Waals surface area contributed by atoms with Crippen LogP contribution in [-0.4, -0.2) is 9.97 Å². The van der Waals surface area contributed by atoms with E-state index in [1.165, 1.54) is 11.1 Å². The predicted molar refractivity (Wildman–Crippen MR) is 167 cm³/mol. The van der Waals surface area contributed by atoms with Crippen molar-refractivity contribution in [3.05, 3.63) is 151 Å². The van der Waals surface area contributed by atoms with Gasteiger partial charge in [-0.25, -0.2) is 9.97 Å². The Morgan fingerprint density at radius 2 is 1.13 bits per heavy atom. The zero-order valence-corrected chi connectivity index (χ0v) is 24.9. The van der Waals surface area contributed by atoms with E-state index in [0.29, 0.717) is 10.3 Å². The van der Waals surface area contributed by atoms with E-state index in [-0.39, 0.29) is 0 Å². The number of aromatic nitrogens is 2. The molecule has 0 aliphatic rings. The number of benzene rings is 4. The van der Waals surface area contributed by atoms with Crippen molar-refractivity contribution in [3.8, 4) is 0 Å². The summed E-state index contributed by atoms with van der Waals surface area (Å²) < 4.78 is 2.06. The van der Waals surface area contributed by atoms with Crippen molar-refractivity contribution in [3.63, 3.8) is 0 Å². The van der Waals surface area contributed by atoms with Crippen LogP contribution in [-0.2, 0) is 12.8 Å². The molecule has 0 saturated carbocycles. The van der Waals surface area contributed by atoms with Crippen LogP contribution < -0.4 is 0 Å². The monoisotopic (exact) mass is 662 g/mol. The minimum Gasteiger partial charge on any atom is -0.236 e. The van der Waals surface area contributed by atoms with Crippen LogP contribution >= 0.6 is 55.1 Å². The summed E-state index contributed by atoms with van der Waals surface area (Å²) in [6.45, 7) is 0. The van der Waals surface area contributed by atoms with Gasteiger partial charge in [0.05, 0.1) is 11.0 Å². The molecule has 38 heavy (non-hydrogen) atoms. The van der Waals surface area contributed by atoms with E-state index in [4.69, 9.17) is 23.2 Å². The number of nitrogens with zero attached hydrogens (tertiary/aromatic N) is 2. The lowest BCUT2D eigenvalue weighted by atomic mass is 10.0. The maximum atomic E-state index is 6.28. The SMILES string of the molecule is Clc1nc2cc(Br)ccc2cc1Cc1ccccc1.Clc1nc2cccc(Br)c2cc1Cc1ccccc1.